The molecular formula is C18H34O2. The lowest BCUT2D eigenvalue weighted by Crippen LogP contribution is -2.08. The number of carbonyl (C=O) groups is 1. The molecule has 1 aliphatic rings. The van der Waals surface area contributed by atoms with Crippen molar-refractivity contribution in [3.8, 4) is 0 Å². The van der Waals surface area contributed by atoms with Gasteiger partial charge in [0.15, 0.2) is 0 Å². The van der Waals surface area contributed by atoms with Crippen LogP contribution in [0.5, 0.6) is 0 Å². The second kappa shape index (κ2) is 12.2. The first kappa shape index (κ1) is 17.5. The highest BCUT2D eigenvalue weighted by Crippen LogP contribution is 2.22. The highest BCUT2D eigenvalue weighted by Gasteiger charge is 2.12. The zero-order valence-corrected chi connectivity index (χ0v) is 13.2. The molecule has 0 aromatic carbocycles. The van der Waals surface area contributed by atoms with Gasteiger partial charge in [0, 0.05) is 6.42 Å². The van der Waals surface area contributed by atoms with Crippen LogP contribution in [0, 0.1) is 5.92 Å². The summed E-state index contributed by atoms with van der Waals surface area (Å²) in [5.74, 6) is -0.176. The van der Waals surface area contributed by atoms with Gasteiger partial charge in [-0.25, -0.2) is 0 Å². The van der Waals surface area contributed by atoms with E-state index in [9.17, 15) is 4.79 Å². The van der Waals surface area contributed by atoms with Crippen LogP contribution < -0.4 is 0 Å². The lowest BCUT2D eigenvalue weighted by atomic mass is 9.91. The second-order valence-electron chi connectivity index (χ2n) is 6.64. The zero-order chi connectivity index (χ0) is 14.5. The minimum absolute atomic E-state index is 0.389. The molecule has 0 amide bonds. The fourth-order valence-corrected chi connectivity index (χ4v) is 3.41. The Hall–Kier alpha value is -0.530. The average Bonchev–Trinajstić information content (AvgIpc) is 2.40. The van der Waals surface area contributed by atoms with Crippen LogP contribution in [0.1, 0.15) is 103 Å². The first-order valence-corrected chi connectivity index (χ1v) is 9.01. The third-order valence-corrected chi connectivity index (χ3v) is 4.69. The van der Waals surface area contributed by atoms with Crippen molar-refractivity contribution in [1.29, 1.82) is 0 Å². The minimum Gasteiger partial charge on any atom is -0.481 e. The van der Waals surface area contributed by atoms with Crippen molar-refractivity contribution in [2.24, 2.45) is 5.92 Å². The van der Waals surface area contributed by atoms with E-state index >= 15 is 0 Å². The Labute approximate surface area is 125 Å². The Morgan fingerprint density at radius 3 is 1.25 bits per heavy atom. The van der Waals surface area contributed by atoms with E-state index in [0.29, 0.717) is 12.3 Å². The molecule has 1 N–H and O–H groups in total. The standard InChI is InChI=1S/C18H34O2/c19-18(20)16-17-14-12-10-8-6-4-2-1-3-5-7-9-11-13-15-17/h17H,1-16H2,(H,19,20). The third-order valence-electron chi connectivity index (χ3n) is 4.69. The number of hydrogen-bond acceptors (Lipinski definition) is 1. The summed E-state index contributed by atoms with van der Waals surface area (Å²) in [6.45, 7) is 0. The molecule has 1 saturated carbocycles. The monoisotopic (exact) mass is 282 g/mol. The summed E-state index contributed by atoms with van der Waals surface area (Å²) < 4.78 is 0. The van der Waals surface area contributed by atoms with Crippen molar-refractivity contribution in [3.63, 3.8) is 0 Å². The van der Waals surface area contributed by atoms with Gasteiger partial charge in [0.05, 0.1) is 0 Å². The topological polar surface area (TPSA) is 37.3 Å². The largest absolute Gasteiger partial charge is 0.481 e. The lowest BCUT2D eigenvalue weighted by molar-refractivity contribution is -0.138. The Kier molecular flexibility index (Phi) is 10.7. The lowest BCUT2D eigenvalue weighted by Gasteiger charge is -2.15. The van der Waals surface area contributed by atoms with Gasteiger partial charge in [0.25, 0.3) is 0 Å². The molecule has 2 nitrogen and oxygen atoms in total. The fraction of sp³-hybridized carbons (Fsp3) is 0.944. The molecule has 1 rings (SSSR count). The summed E-state index contributed by atoms with van der Waals surface area (Å²) in [6, 6.07) is 0. The van der Waals surface area contributed by atoms with Gasteiger partial charge in [-0.15, -0.1) is 0 Å². The molecule has 1 aliphatic carbocycles. The Morgan fingerprint density at radius 2 is 0.950 bits per heavy atom. The van der Waals surface area contributed by atoms with Crippen molar-refractivity contribution in [2.45, 2.75) is 103 Å². The molecule has 0 aromatic rings. The maximum atomic E-state index is 10.9. The van der Waals surface area contributed by atoms with Crippen molar-refractivity contribution in [2.75, 3.05) is 0 Å². The van der Waals surface area contributed by atoms with Crippen LogP contribution in [0.3, 0.4) is 0 Å². The first-order chi connectivity index (χ1) is 9.79. The van der Waals surface area contributed by atoms with Crippen LogP contribution >= 0.6 is 0 Å². The molecule has 118 valence electrons. The van der Waals surface area contributed by atoms with Crippen molar-refractivity contribution in [1.82, 2.24) is 0 Å². The number of carboxylic acid groups (broad SMARTS) is 1. The van der Waals surface area contributed by atoms with Crippen LogP contribution in [0.15, 0.2) is 0 Å². The Bertz CT molecular complexity index is 222. The fourth-order valence-electron chi connectivity index (χ4n) is 3.41. The molecule has 0 aromatic heterocycles. The quantitative estimate of drug-likeness (QED) is 0.680. The summed E-state index contributed by atoms with van der Waals surface area (Å²) in [5, 5.41) is 9.00. The summed E-state index contributed by atoms with van der Waals surface area (Å²) >= 11 is 0. The van der Waals surface area contributed by atoms with Gasteiger partial charge >= 0.3 is 5.97 Å². The average molecular weight is 282 g/mol. The highest BCUT2D eigenvalue weighted by molar-refractivity contribution is 5.66. The van der Waals surface area contributed by atoms with Gasteiger partial charge < -0.3 is 5.11 Å². The Balaban J connectivity index is 2.26. The first-order valence-electron chi connectivity index (χ1n) is 9.01. The zero-order valence-electron chi connectivity index (χ0n) is 13.2. The predicted molar refractivity (Wildman–Crippen MR) is 85.0 cm³/mol. The van der Waals surface area contributed by atoms with E-state index < -0.39 is 5.97 Å². The minimum atomic E-state index is -0.607. The van der Waals surface area contributed by atoms with Crippen molar-refractivity contribution in [3.05, 3.63) is 0 Å². The van der Waals surface area contributed by atoms with Crippen LogP contribution in [-0.2, 0) is 4.79 Å². The molecule has 0 aliphatic heterocycles. The molecule has 0 spiro atoms. The van der Waals surface area contributed by atoms with Gasteiger partial charge in [-0.3, -0.25) is 4.79 Å². The third kappa shape index (κ3) is 10.3. The molecule has 0 atom stereocenters. The summed E-state index contributed by atoms with van der Waals surface area (Å²) in [6.07, 6.45) is 20.2. The van der Waals surface area contributed by atoms with E-state index in [1.54, 1.807) is 0 Å². The van der Waals surface area contributed by atoms with Gasteiger partial charge in [-0.05, 0) is 18.8 Å². The normalized spacial score (nSPS) is 22.4. The number of aliphatic carboxylic acids is 1. The van der Waals surface area contributed by atoms with Crippen LogP contribution in [-0.4, -0.2) is 11.1 Å². The van der Waals surface area contributed by atoms with Gasteiger partial charge in [0.2, 0.25) is 0 Å². The van der Waals surface area contributed by atoms with Crippen LogP contribution in [0.4, 0.5) is 0 Å². The summed E-state index contributed by atoms with van der Waals surface area (Å²) in [7, 11) is 0. The summed E-state index contributed by atoms with van der Waals surface area (Å²) in [4.78, 5) is 10.9. The second-order valence-corrected chi connectivity index (χ2v) is 6.64. The molecule has 0 heterocycles. The SMILES string of the molecule is O=C(O)CC1CCCCCCCCCCCCCCC1. The predicted octanol–water partition coefficient (Wildman–Crippen LogP) is 5.94. The van der Waals surface area contributed by atoms with Gasteiger partial charge in [-0.2, -0.15) is 0 Å². The van der Waals surface area contributed by atoms with Crippen molar-refractivity contribution >= 4 is 5.97 Å². The van der Waals surface area contributed by atoms with Crippen LogP contribution in [0.25, 0.3) is 0 Å². The van der Waals surface area contributed by atoms with E-state index in [4.69, 9.17) is 5.11 Å². The molecule has 0 radical (unpaired) electrons. The van der Waals surface area contributed by atoms with E-state index in [1.807, 2.05) is 0 Å². The highest BCUT2D eigenvalue weighted by atomic mass is 16.4. The van der Waals surface area contributed by atoms with E-state index in [2.05, 4.69) is 0 Å². The number of rotatable bonds is 2. The summed E-state index contributed by atoms with van der Waals surface area (Å²) in [5.41, 5.74) is 0. The van der Waals surface area contributed by atoms with Crippen molar-refractivity contribution < 1.29 is 9.90 Å². The molecule has 0 saturated heterocycles. The van der Waals surface area contributed by atoms with E-state index in [-0.39, 0.29) is 0 Å². The molecule has 2 heteroatoms. The molecule has 0 bridgehead atoms. The molecule has 0 unspecified atom stereocenters. The van der Waals surface area contributed by atoms with E-state index in [0.717, 1.165) is 12.8 Å². The van der Waals surface area contributed by atoms with Crippen LogP contribution in [0.2, 0.25) is 0 Å². The van der Waals surface area contributed by atoms with E-state index in [1.165, 1.54) is 83.5 Å². The maximum Gasteiger partial charge on any atom is 0.303 e. The molecule has 20 heavy (non-hydrogen) atoms. The Morgan fingerprint density at radius 1 is 0.650 bits per heavy atom. The number of hydrogen-bond donors (Lipinski definition) is 1. The smallest absolute Gasteiger partial charge is 0.303 e. The maximum absolute atomic E-state index is 10.9. The van der Waals surface area contributed by atoms with Gasteiger partial charge in [0.1, 0.15) is 0 Å². The molecule has 1 fully saturated rings. The number of carboxylic acids is 1. The molecular weight excluding hydrogens is 248 g/mol. The van der Waals surface area contributed by atoms with Gasteiger partial charge in [-0.1, -0.05) is 83.5 Å².